The van der Waals surface area contributed by atoms with E-state index in [1.807, 2.05) is 13.0 Å². The quantitative estimate of drug-likeness (QED) is 0.897. The van der Waals surface area contributed by atoms with E-state index in [1.165, 1.54) is 12.1 Å². The Labute approximate surface area is 139 Å². The number of hydrogen-bond donors (Lipinski definition) is 1. The molecular weight excluding hydrogens is 311 g/mol. The molecule has 2 heterocycles. The van der Waals surface area contributed by atoms with Crippen LogP contribution in [0.4, 0.5) is 4.39 Å². The molecule has 6 nitrogen and oxygen atoms in total. The normalized spacial score (nSPS) is 17.3. The monoisotopic (exact) mass is 330 g/mol. The van der Waals surface area contributed by atoms with Crippen LogP contribution in [-0.4, -0.2) is 39.1 Å². The van der Waals surface area contributed by atoms with Gasteiger partial charge in [0, 0.05) is 25.7 Å². The Hall–Kier alpha value is -2.70. The molecular formula is C17H19FN4O2. The number of benzene rings is 1. The lowest BCUT2D eigenvalue weighted by atomic mass is 10.2. The first-order valence-corrected chi connectivity index (χ1v) is 7.81. The number of aromatic nitrogens is 2. The van der Waals surface area contributed by atoms with Gasteiger partial charge in [-0.15, -0.1) is 0 Å². The highest BCUT2D eigenvalue weighted by Gasteiger charge is 2.30. The third kappa shape index (κ3) is 3.98. The summed E-state index contributed by atoms with van der Waals surface area (Å²) in [6, 6.07) is 7.70. The summed E-state index contributed by atoms with van der Waals surface area (Å²) in [4.78, 5) is 25.8. The molecule has 3 rings (SSSR count). The van der Waals surface area contributed by atoms with Crippen LogP contribution in [-0.2, 0) is 22.7 Å². The van der Waals surface area contributed by atoms with Crippen LogP contribution in [0.2, 0.25) is 0 Å². The summed E-state index contributed by atoms with van der Waals surface area (Å²) in [6.45, 7) is 2.87. The molecule has 0 aliphatic carbocycles. The first-order valence-electron chi connectivity index (χ1n) is 7.81. The molecule has 2 amide bonds. The predicted molar refractivity (Wildman–Crippen MR) is 85.3 cm³/mol. The number of carbonyl (C=O) groups is 2. The molecule has 7 heteroatoms. The number of nitrogens with zero attached hydrogens (tertiary/aromatic N) is 3. The Balaban J connectivity index is 1.52. The smallest absolute Gasteiger partial charge is 0.242 e. The van der Waals surface area contributed by atoms with Crippen molar-refractivity contribution in [2.24, 2.45) is 0 Å². The largest absolute Gasteiger partial charge is 0.349 e. The molecule has 0 unspecified atom stereocenters. The van der Waals surface area contributed by atoms with Crippen LogP contribution in [0.25, 0.3) is 0 Å². The minimum atomic E-state index is -0.300. The molecule has 1 atom stereocenters. The van der Waals surface area contributed by atoms with Crippen molar-refractivity contribution >= 4 is 11.8 Å². The van der Waals surface area contributed by atoms with Crippen LogP contribution in [0.3, 0.4) is 0 Å². The Bertz CT molecular complexity index is 741. The molecule has 126 valence electrons. The number of halogens is 1. The number of likely N-dealkylation sites (tertiary alicyclic amines) is 1. The molecule has 0 radical (unpaired) electrons. The van der Waals surface area contributed by atoms with Crippen LogP contribution < -0.4 is 5.32 Å². The first kappa shape index (κ1) is 16.2. The average Bonchev–Trinajstić information content (AvgIpc) is 3.07. The Morgan fingerprint density at radius 3 is 2.75 bits per heavy atom. The third-order valence-electron chi connectivity index (χ3n) is 3.95. The molecule has 1 aliphatic rings. The van der Waals surface area contributed by atoms with Gasteiger partial charge in [0.05, 0.1) is 11.7 Å². The molecule has 1 aromatic heterocycles. The molecule has 1 N–H and O–H groups in total. The number of aryl methyl sites for hydroxylation is 1. The third-order valence-corrected chi connectivity index (χ3v) is 3.95. The van der Waals surface area contributed by atoms with Crippen LogP contribution in [0.5, 0.6) is 0 Å². The number of rotatable bonds is 5. The molecule has 0 saturated carbocycles. The number of hydrogen-bond acceptors (Lipinski definition) is 3. The Morgan fingerprint density at radius 2 is 2.08 bits per heavy atom. The highest BCUT2D eigenvalue weighted by Crippen LogP contribution is 2.15. The molecule has 1 aliphatic heterocycles. The van der Waals surface area contributed by atoms with Crippen molar-refractivity contribution in [2.75, 3.05) is 6.54 Å². The topological polar surface area (TPSA) is 67.2 Å². The second-order valence-corrected chi connectivity index (χ2v) is 6.02. The summed E-state index contributed by atoms with van der Waals surface area (Å²) < 4.78 is 14.5. The van der Waals surface area contributed by atoms with Gasteiger partial charge in [-0.25, -0.2) is 4.39 Å². The molecule has 0 spiro atoms. The van der Waals surface area contributed by atoms with Gasteiger partial charge in [0.25, 0.3) is 0 Å². The van der Waals surface area contributed by atoms with E-state index >= 15 is 0 Å². The summed E-state index contributed by atoms with van der Waals surface area (Å²) in [5.41, 5.74) is 1.72. The van der Waals surface area contributed by atoms with E-state index in [0.29, 0.717) is 13.1 Å². The van der Waals surface area contributed by atoms with Gasteiger partial charge in [-0.1, -0.05) is 12.1 Å². The Kier molecular flexibility index (Phi) is 4.59. The molecule has 1 saturated heterocycles. The van der Waals surface area contributed by atoms with E-state index in [4.69, 9.17) is 0 Å². The van der Waals surface area contributed by atoms with E-state index in [9.17, 15) is 14.0 Å². The van der Waals surface area contributed by atoms with Crippen molar-refractivity contribution in [3.8, 4) is 0 Å². The van der Waals surface area contributed by atoms with Crippen molar-refractivity contribution in [2.45, 2.75) is 32.5 Å². The lowest BCUT2D eigenvalue weighted by molar-refractivity contribution is -0.128. The van der Waals surface area contributed by atoms with Crippen LogP contribution in [0.15, 0.2) is 36.5 Å². The number of nitrogens with one attached hydrogen (secondary N) is 1. The van der Waals surface area contributed by atoms with Gasteiger partial charge in [-0.2, -0.15) is 5.10 Å². The average molecular weight is 330 g/mol. The van der Waals surface area contributed by atoms with Crippen molar-refractivity contribution in [3.05, 3.63) is 53.6 Å². The van der Waals surface area contributed by atoms with E-state index in [1.54, 1.807) is 27.9 Å². The van der Waals surface area contributed by atoms with Gasteiger partial charge in [0.2, 0.25) is 11.8 Å². The summed E-state index contributed by atoms with van der Waals surface area (Å²) >= 11 is 0. The molecule has 1 aromatic carbocycles. The summed E-state index contributed by atoms with van der Waals surface area (Å²) in [5.74, 6) is -0.482. The summed E-state index contributed by atoms with van der Waals surface area (Å²) in [7, 11) is 0. The zero-order chi connectivity index (χ0) is 17.1. The SMILES string of the molecule is Cc1ccn(CC(=O)N[C@H]2CC(=O)N(Cc3ccc(F)cc3)C2)n1. The number of carbonyl (C=O) groups excluding carboxylic acids is 2. The van der Waals surface area contributed by atoms with E-state index in [-0.39, 0.29) is 36.6 Å². The minimum absolute atomic E-state index is 0.0143. The fourth-order valence-corrected chi connectivity index (χ4v) is 2.80. The fraction of sp³-hybridized carbons (Fsp3) is 0.353. The van der Waals surface area contributed by atoms with Gasteiger partial charge < -0.3 is 10.2 Å². The maximum Gasteiger partial charge on any atom is 0.242 e. The van der Waals surface area contributed by atoms with Gasteiger partial charge in [0.15, 0.2) is 0 Å². The maximum absolute atomic E-state index is 12.9. The standard InChI is InChI=1S/C17H19FN4O2/c1-12-6-7-22(20-12)11-16(23)19-15-8-17(24)21(10-15)9-13-2-4-14(18)5-3-13/h2-7,15H,8-11H2,1H3,(H,19,23)/t15-/m0/s1. The first-order chi connectivity index (χ1) is 11.5. The Morgan fingerprint density at radius 1 is 1.33 bits per heavy atom. The van der Waals surface area contributed by atoms with Gasteiger partial charge in [0.1, 0.15) is 12.4 Å². The van der Waals surface area contributed by atoms with E-state index in [0.717, 1.165) is 11.3 Å². The second-order valence-electron chi connectivity index (χ2n) is 6.02. The van der Waals surface area contributed by atoms with Crippen molar-refractivity contribution in [3.63, 3.8) is 0 Å². The predicted octanol–water partition coefficient (Wildman–Crippen LogP) is 1.25. The summed E-state index contributed by atoms with van der Waals surface area (Å²) in [6.07, 6.45) is 2.03. The van der Waals surface area contributed by atoms with Crippen molar-refractivity contribution in [1.82, 2.24) is 20.0 Å². The van der Waals surface area contributed by atoms with Gasteiger partial charge >= 0.3 is 0 Å². The highest BCUT2D eigenvalue weighted by atomic mass is 19.1. The molecule has 24 heavy (non-hydrogen) atoms. The van der Waals surface area contributed by atoms with Gasteiger partial charge in [-0.05, 0) is 30.7 Å². The highest BCUT2D eigenvalue weighted by molar-refractivity contribution is 5.82. The molecule has 0 bridgehead atoms. The van der Waals surface area contributed by atoms with Crippen molar-refractivity contribution < 1.29 is 14.0 Å². The molecule has 1 fully saturated rings. The van der Waals surface area contributed by atoms with Crippen LogP contribution in [0.1, 0.15) is 17.7 Å². The zero-order valence-corrected chi connectivity index (χ0v) is 13.4. The van der Waals surface area contributed by atoms with Gasteiger partial charge in [-0.3, -0.25) is 14.3 Å². The summed E-state index contributed by atoms with van der Waals surface area (Å²) in [5, 5.41) is 7.04. The van der Waals surface area contributed by atoms with Crippen molar-refractivity contribution in [1.29, 1.82) is 0 Å². The van der Waals surface area contributed by atoms with Crippen LogP contribution >= 0.6 is 0 Å². The van der Waals surface area contributed by atoms with Crippen LogP contribution in [0, 0.1) is 12.7 Å². The minimum Gasteiger partial charge on any atom is -0.349 e. The van der Waals surface area contributed by atoms with E-state index < -0.39 is 0 Å². The fourth-order valence-electron chi connectivity index (χ4n) is 2.80. The van der Waals surface area contributed by atoms with E-state index in [2.05, 4.69) is 10.4 Å². The lowest BCUT2D eigenvalue weighted by Gasteiger charge is -2.17. The number of amides is 2. The second kappa shape index (κ2) is 6.82. The lowest BCUT2D eigenvalue weighted by Crippen LogP contribution is -2.38. The zero-order valence-electron chi connectivity index (χ0n) is 13.4. The molecule has 2 aromatic rings. The maximum atomic E-state index is 12.9.